The molecule has 0 radical (unpaired) electrons. The molecule has 1 nitrogen and oxygen atoms in total. The number of hydrogen-bond donors (Lipinski definition) is 1. The molecule has 0 fully saturated rings. The lowest BCUT2D eigenvalue weighted by Crippen LogP contribution is -2.20. The molecule has 1 unspecified atom stereocenters. The molecular weight excluding hydrogens is 340 g/mol. The molecule has 0 aliphatic rings. The van der Waals surface area contributed by atoms with E-state index < -0.39 is 0 Å². The van der Waals surface area contributed by atoms with Crippen molar-refractivity contribution in [3.05, 3.63) is 69.0 Å². The normalized spacial score (nSPS) is 12.4. The van der Waals surface area contributed by atoms with Gasteiger partial charge in [0.2, 0.25) is 0 Å². The summed E-state index contributed by atoms with van der Waals surface area (Å²) in [5.74, 6) is -0.183. The first-order chi connectivity index (χ1) is 8.70. The van der Waals surface area contributed by atoms with Crippen LogP contribution in [-0.2, 0) is 6.42 Å². The monoisotopic (exact) mass is 355 g/mol. The van der Waals surface area contributed by atoms with Gasteiger partial charge in [-0.1, -0.05) is 36.4 Å². The largest absolute Gasteiger partial charge is 0.313 e. The maximum absolute atomic E-state index is 13.1. The van der Waals surface area contributed by atoms with Gasteiger partial charge in [0.05, 0.1) is 0 Å². The van der Waals surface area contributed by atoms with Crippen molar-refractivity contribution in [3.63, 3.8) is 0 Å². The van der Waals surface area contributed by atoms with Gasteiger partial charge in [0.25, 0.3) is 0 Å². The molecule has 94 valence electrons. The topological polar surface area (TPSA) is 12.0 Å². The molecule has 1 N–H and O–H groups in total. The van der Waals surface area contributed by atoms with Crippen molar-refractivity contribution in [2.45, 2.75) is 12.5 Å². The van der Waals surface area contributed by atoms with Gasteiger partial charge in [-0.2, -0.15) is 0 Å². The smallest absolute Gasteiger partial charge is 0.124 e. The van der Waals surface area contributed by atoms with Gasteiger partial charge in [-0.15, -0.1) is 0 Å². The molecule has 3 heteroatoms. The summed E-state index contributed by atoms with van der Waals surface area (Å²) in [6, 6.07) is 15.5. The molecule has 0 saturated carbocycles. The predicted octanol–water partition coefficient (Wildman–Crippen LogP) is 3.93. The van der Waals surface area contributed by atoms with Crippen molar-refractivity contribution in [1.82, 2.24) is 5.32 Å². The lowest BCUT2D eigenvalue weighted by atomic mass is 9.99. The minimum Gasteiger partial charge on any atom is -0.313 e. The Bertz CT molecular complexity index is 513. The molecule has 0 aliphatic heterocycles. The summed E-state index contributed by atoms with van der Waals surface area (Å²) in [6.45, 7) is 0. The van der Waals surface area contributed by atoms with Crippen LogP contribution in [0, 0.1) is 9.39 Å². The molecule has 2 aromatic rings. The van der Waals surface area contributed by atoms with Crippen LogP contribution in [0.3, 0.4) is 0 Å². The fourth-order valence-electron chi connectivity index (χ4n) is 2.00. The van der Waals surface area contributed by atoms with E-state index in [2.05, 4.69) is 40.0 Å². The number of benzene rings is 2. The molecule has 0 aliphatic carbocycles. The number of likely N-dealkylation sites (N-methyl/N-ethyl adjacent to an activating group) is 1. The molecule has 2 rings (SSSR count). The van der Waals surface area contributed by atoms with Crippen LogP contribution in [0.1, 0.15) is 17.2 Å². The van der Waals surface area contributed by atoms with Crippen LogP contribution in [0.15, 0.2) is 48.5 Å². The quantitative estimate of drug-likeness (QED) is 0.820. The molecule has 1 atom stereocenters. The highest BCUT2D eigenvalue weighted by Crippen LogP contribution is 2.24. The molecule has 0 amide bonds. The average molecular weight is 355 g/mol. The summed E-state index contributed by atoms with van der Waals surface area (Å²) in [5.41, 5.74) is 2.42. The van der Waals surface area contributed by atoms with Crippen LogP contribution in [0.25, 0.3) is 0 Å². The summed E-state index contributed by atoms with van der Waals surface area (Å²) in [4.78, 5) is 0. The minimum absolute atomic E-state index is 0.183. The Morgan fingerprint density at radius 3 is 2.50 bits per heavy atom. The van der Waals surface area contributed by atoms with Crippen molar-refractivity contribution < 1.29 is 4.39 Å². The van der Waals surface area contributed by atoms with Gasteiger partial charge in [-0.3, -0.25) is 0 Å². The van der Waals surface area contributed by atoms with Crippen LogP contribution in [0.2, 0.25) is 0 Å². The van der Waals surface area contributed by atoms with Crippen LogP contribution in [0.4, 0.5) is 4.39 Å². The zero-order chi connectivity index (χ0) is 13.0. The standard InChI is InChI=1S/C15H15FIN/c1-18-15(9-11-5-3-2-4-6-11)13-8-7-12(16)10-14(13)17/h2-8,10,15,18H,9H2,1H3. The first-order valence-corrected chi connectivity index (χ1v) is 6.94. The third-order valence-corrected chi connectivity index (χ3v) is 3.90. The van der Waals surface area contributed by atoms with Crippen molar-refractivity contribution >= 4 is 22.6 Å². The van der Waals surface area contributed by atoms with Gasteiger partial charge in [-0.05, 0) is 59.3 Å². The molecule has 2 aromatic carbocycles. The summed E-state index contributed by atoms with van der Waals surface area (Å²) >= 11 is 2.19. The Kier molecular flexibility index (Phi) is 4.72. The van der Waals surface area contributed by atoms with E-state index in [0.29, 0.717) is 0 Å². The molecule has 0 saturated heterocycles. The molecular formula is C15H15FIN. The molecule has 0 bridgehead atoms. The number of rotatable bonds is 4. The summed E-state index contributed by atoms with van der Waals surface area (Å²) in [5, 5.41) is 3.30. The zero-order valence-electron chi connectivity index (χ0n) is 10.2. The van der Waals surface area contributed by atoms with Gasteiger partial charge < -0.3 is 5.32 Å². The number of hydrogen-bond acceptors (Lipinski definition) is 1. The van der Waals surface area contributed by atoms with E-state index in [-0.39, 0.29) is 11.9 Å². The van der Waals surface area contributed by atoms with E-state index in [0.717, 1.165) is 15.6 Å². The van der Waals surface area contributed by atoms with Crippen molar-refractivity contribution in [2.75, 3.05) is 7.05 Å². The minimum atomic E-state index is -0.183. The predicted molar refractivity (Wildman–Crippen MR) is 81.1 cm³/mol. The highest BCUT2D eigenvalue weighted by molar-refractivity contribution is 14.1. The second-order valence-corrected chi connectivity index (χ2v) is 5.36. The van der Waals surface area contributed by atoms with E-state index in [4.69, 9.17) is 0 Å². The van der Waals surface area contributed by atoms with E-state index in [9.17, 15) is 4.39 Å². The summed E-state index contributed by atoms with van der Waals surface area (Å²) < 4.78 is 14.1. The van der Waals surface area contributed by atoms with Crippen molar-refractivity contribution in [2.24, 2.45) is 0 Å². The van der Waals surface area contributed by atoms with Crippen molar-refractivity contribution in [1.29, 1.82) is 0 Å². The number of nitrogens with one attached hydrogen (secondary N) is 1. The van der Waals surface area contributed by atoms with Crippen LogP contribution in [-0.4, -0.2) is 7.05 Å². The lowest BCUT2D eigenvalue weighted by Gasteiger charge is -2.18. The Morgan fingerprint density at radius 2 is 1.89 bits per heavy atom. The van der Waals surface area contributed by atoms with Gasteiger partial charge in [-0.25, -0.2) is 4.39 Å². The Hall–Kier alpha value is -0.940. The third kappa shape index (κ3) is 3.29. The number of halogens is 2. The maximum atomic E-state index is 13.1. The maximum Gasteiger partial charge on any atom is 0.124 e. The molecule has 18 heavy (non-hydrogen) atoms. The highest BCUT2D eigenvalue weighted by Gasteiger charge is 2.13. The molecule has 0 heterocycles. The van der Waals surface area contributed by atoms with Gasteiger partial charge in [0, 0.05) is 9.61 Å². The third-order valence-electron chi connectivity index (χ3n) is 2.97. The fourth-order valence-corrected chi connectivity index (χ4v) is 2.85. The second-order valence-electron chi connectivity index (χ2n) is 4.20. The zero-order valence-corrected chi connectivity index (χ0v) is 12.3. The Morgan fingerprint density at radius 1 is 1.17 bits per heavy atom. The van der Waals surface area contributed by atoms with Crippen molar-refractivity contribution in [3.8, 4) is 0 Å². The summed E-state index contributed by atoms with van der Waals surface area (Å²) in [7, 11) is 1.94. The van der Waals surface area contributed by atoms with Gasteiger partial charge in [0.1, 0.15) is 5.82 Å². The lowest BCUT2D eigenvalue weighted by molar-refractivity contribution is 0.582. The second kappa shape index (κ2) is 6.29. The van der Waals surface area contributed by atoms with E-state index in [1.54, 1.807) is 6.07 Å². The first kappa shape index (κ1) is 13.5. The fraction of sp³-hybridized carbons (Fsp3) is 0.200. The average Bonchev–Trinajstić information content (AvgIpc) is 2.38. The molecule has 0 spiro atoms. The van der Waals surface area contributed by atoms with E-state index in [1.165, 1.54) is 11.6 Å². The van der Waals surface area contributed by atoms with E-state index >= 15 is 0 Å². The van der Waals surface area contributed by atoms with Crippen LogP contribution >= 0.6 is 22.6 Å². The highest BCUT2D eigenvalue weighted by atomic mass is 127. The van der Waals surface area contributed by atoms with Gasteiger partial charge >= 0.3 is 0 Å². The van der Waals surface area contributed by atoms with E-state index in [1.807, 2.05) is 31.3 Å². The van der Waals surface area contributed by atoms with Gasteiger partial charge in [0.15, 0.2) is 0 Å². The van der Waals surface area contributed by atoms with Crippen LogP contribution < -0.4 is 5.32 Å². The Balaban J connectivity index is 2.23. The SMILES string of the molecule is CNC(Cc1ccccc1)c1ccc(F)cc1I. The molecule has 0 aromatic heterocycles. The van der Waals surface area contributed by atoms with Crippen LogP contribution in [0.5, 0.6) is 0 Å². The first-order valence-electron chi connectivity index (χ1n) is 5.87. The summed E-state index contributed by atoms with van der Waals surface area (Å²) in [6.07, 6.45) is 0.902. The Labute approximate surface area is 121 Å².